The molecule has 4 aromatic heterocycles. The maximum absolute atomic E-state index is 11.0. The van der Waals surface area contributed by atoms with E-state index in [1.54, 1.807) is 25.5 Å². The van der Waals surface area contributed by atoms with Gasteiger partial charge < -0.3 is 22.1 Å². The van der Waals surface area contributed by atoms with Crippen LogP contribution in [0.1, 0.15) is 74.1 Å². The van der Waals surface area contributed by atoms with Crippen molar-refractivity contribution in [3.05, 3.63) is 132 Å². The normalized spacial score (nSPS) is 15.7. The summed E-state index contributed by atoms with van der Waals surface area (Å²) in [5.74, 6) is -0.0587. The van der Waals surface area contributed by atoms with Gasteiger partial charge >= 0.3 is 0 Å². The van der Waals surface area contributed by atoms with Gasteiger partial charge in [0.1, 0.15) is 0 Å². The highest BCUT2D eigenvalue weighted by Crippen LogP contribution is 2.28. The summed E-state index contributed by atoms with van der Waals surface area (Å²) in [6, 6.07) is 27.7. The molecule has 2 unspecified atom stereocenters. The Hall–Kier alpha value is -5.74. The summed E-state index contributed by atoms with van der Waals surface area (Å²) < 4.78 is 0. The van der Waals surface area contributed by atoms with Crippen molar-refractivity contribution in [2.24, 2.45) is 5.73 Å². The molecule has 0 bridgehead atoms. The molecule has 2 aliphatic carbocycles. The fourth-order valence-corrected chi connectivity index (χ4v) is 6.16. The number of pyridine rings is 4. The Bertz CT molecular complexity index is 2040. The summed E-state index contributed by atoms with van der Waals surface area (Å²) in [4.78, 5) is 38.9. The van der Waals surface area contributed by atoms with E-state index in [1.165, 1.54) is 24.5 Å². The number of amides is 2. The SMILES string of the molecule is CC(=O)NC1CCCc2cccnc21.CC(=O)Nc1cccc2cccnc12.NC1CCCc2cccnc21.Nc1cccc2cccnc12. The lowest BCUT2D eigenvalue weighted by molar-refractivity contribution is -0.119. The third-order valence-electron chi connectivity index (χ3n) is 8.42. The first-order chi connectivity index (χ1) is 24.3. The number of aryl methyl sites for hydroxylation is 2. The van der Waals surface area contributed by atoms with Crippen molar-refractivity contribution in [1.29, 1.82) is 0 Å². The molecule has 2 atom stereocenters. The number of nitrogens with two attached hydrogens (primary N) is 2. The predicted octanol–water partition coefficient (Wildman–Crippen LogP) is 7.02. The highest BCUT2D eigenvalue weighted by molar-refractivity contribution is 5.99. The van der Waals surface area contributed by atoms with E-state index in [1.807, 2.05) is 79.0 Å². The van der Waals surface area contributed by atoms with E-state index in [0.717, 1.165) is 76.7 Å². The smallest absolute Gasteiger partial charge is 0.221 e. The van der Waals surface area contributed by atoms with Crippen molar-refractivity contribution in [3.8, 4) is 0 Å². The first-order valence-corrected chi connectivity index (χ1v) is 16.9. The molecule has 50 heavy (non-hydrogen) atoms. The molecule has 4 heterocycles. The second-order valence-corrected chi connectivity index (χ2v) is 12.2. The number of rotatable bonds is 2. The average Bonchev–Trinajstić information content (AvgIpc) is 3.13. The zero-order valence-electron chi connectivity index (χ0n) is 28.5. The van der Waals surface area contributed by atoms with Crippen LogP contribution in [-0.4, -0.2) is 31.8 Å². The molecule has 2 amide bonds. The molecule has 0 fully saturated rings. The minimum absolute atomic E-state index is 0.0218. The Morgan fingerprint density at radius 2 is 1.18 bits per heavy atom. The van der Waals surface area contributed by atoms with Crippen LogP contribution in [0.4, 0.5) is 11.4 Å². The van der Waals surface area contributed by atoms with Gasteiger partial charge in [0.05, 0.1) is 39.8 Å². The largest absolute Gasteiger partial charge is 0.397 e. The Morgan fingerprint density at radius 1 is 0.640 bits per heavy atom. The van der Waals surface area contributed by atoms with Crippen LogP contribution < -0.4 is 22.1 Å². The monoisotopic (exact) mass is 668 g/mol. The van der Waals surface area contributed by atoms with E-state index < -0.39 is 0 Å². The van der Waals surface area contributed by atoms with Gasteiger partial charge in [-0.2, -0.15) is 0 Å². The number of nitrogen functional groups attached to an aromatic ring is 1. The summed E-state index contributed by atoms with van der Waals surface area (Å²) in [5.41, 5.74) is 19.6. The lowest BCUT2D eigenvalue weighted by Gasteiger charge is -2.24. The topological polar surface area (TPSA) is 162 Å². The highest BCUT2D eigenvalue weighted by atomic mass is 16.2. The van der Waals surface area contributed by atoms with E-state index in [2.05, 4.69) is 42.7 Å². The Balaban J connectivity index is 0.000000130. The van der Waals surface area contributed by atoms with Gasteiger partial charge in [-0.15, -0.1) is 0 Å². The maximum atomic E-state index is 11.0. The Labute approximate surface area is 292 Å². The zero-order chi connectivity index (χ0) is 35.3. The average molecular weight is 669 g/mol. The van der Waals surface area contributed by atoms with Crippen molar-refractivity contribution in [1.82, 2.24) is 25.3 Å². The van der Waals surface area contributed by atoms with Crippen molar-refractivity contribution < 1.29 is 9.59 Å². The number of hydrogen-bond donors (Lipinski definition) is 4. The highest BCUT2D eigenvalue weighted by Gasteiger charge is 2.21. The molecule has 10 nitrogen and oxygen atoms in total. The molecule has 6 aromatic rings. The number of para-hydroxylation sites is 2. The number of fused-ring (bicyclic) bond motifs is 4. The van der Waals surface area contributed by atoms with Crippen molar-refractivity contribution >= 4 is 45.0 Å². The van der Waals surface area contributed by atoms with Gasteiger partial charge in [0.25, 0.3) is 0 Å². The van der Waals surface area contributed by atoms with E-state index in [4.69, 9.17) is 11.5 Å². The fourth-order valence-electron chi connectivity index (χ4n) is 6.16. The fraction of sp³-hybridized carbons (Fsp3) is 0.250. The number of carbonyl (C=O) groups excluding carboxylic acids is 2. The van der Waals surface area contributed by atoms with Crippen LogP contribution in [0.2, 0.25) is 0 Å². The molecule has 2 aliphatic rings. The van der Waals surface area contributed by atoms with Gasteiger partial charge in [-0.25, -0.2) is 0 Å². The van der Waals surface area contributed by atoms with Crippen LogP contribution in [-0.2, 0) is 22.4 Å². The summed E-state index contributed by atoms with van der Waals surface area (Å²) in [7, 11) is 0. The molecule has 0 aliphatic heterocycles. The second-order valence-electron chi connectivity index (χ2n) is 12.2. The van der Waals surface area contributed by atoms with Gasteiger partial charge in [0.15, 0.2) is 0 Å². The number of benzene rings is 2. The molecule has 2 aromatic carbocycles. The molecule has 10 heteroatoms. The molecule has 0 spiro atoms. The second kappa shape index (κ2) is 17.6. The standard InChI is InChI=1S/C11H14N2O.C11H10N2O.C9H12N2.C9H8N2/c2*1-8(14)13-10-6-2-4-9-5-3-7-12-11(9)10;2*10-8-5-1-3-7-4-2-6-11-9(7)8/h3,5,7,10H,2,4,6H2,1H3,(H,13,14);2-7H,1H3,(H,13,14);2,4,6,8H,1,3,5,10H2;1-6H,10H2. The number of nitrogens with one attached hydrogen (secondary N) is 2. The summed E-state index contributed by atoms with van der Waals surface area (Å²) in [5, 5.41) is 7.80. The lowest BCUT2D eigenvalue weighted by Crippen LogP contribution is -2.29. The Morgan fingerprint density at radius 3 is 1.82 bits per heavy atom. The molecule has 0 saturated carbocycles. The number of carbonyl (C=O) groups is 2. The van der Waals surface area contributed by atoms with Crippen LogP contribution in [0.15, 0.2) is 110 Å². The van der Waals surface area contributed by atoms with Crippen molar-refractivity contribution in [2.75, 3.05) is 11.1 Å². The third-order valence-corrected chi connectivity index (χ3v) is 8.42. The number of hydrogen-bond acceptors (Lipinski definition) is 8. The van der Waals surface area contributed by atoms with E-state index in [0.29, 0.717) is 0 Å². The molecule has 0 radical (unpaired) electrons. The minimum atomic E-state index is -0.0804. The van der Waals surface area contributed by atoms with Crippen LogP contribution in [0, 0.1) is 0 Å². The summed E-state index contributed by atoms with van der Waals surface area (Å²) in [6.45, 7) is 3.04. The van der Waals surface area contributed by atoms with Crippen LogP contribution in [0.3, 0.4) is 0 Å². The van der Waals surface area contributed by atoms with Crippen molar-refractivity contribution in [3.63, 3.8) is 0 Å². The van der Waals surface area contributed by atoms with Crippen LogP contribution >= 0.6 is 0 Å². The predicted molar refractivity (Wildman–Crippen MR) is 200 cm³/mol. The molecule has 6 N–H and O–H groups in total. The minimum Gasteiger partial charge on any atom is -0.397 e. The summed E-state index contributed by atoms with van der Waals surface area (Å²) >= 11 is 0. The van der Waals surface area contributed by atoms with Gasteiger partial charge in [0.2, 0.25) is 11.8 Å². The summed E-state index contributed by atoms with van der Waals surface area (Å²) in [6.07, 6.45) is 13.7. The molecule has 256 valence electrons. The van der Waals surface area contributed by atoms with Gasteiger partial charge in [-0.1, -0.05) is 48.5 Å². The van der Waals surface area contributed by atoms with Gasteiger partial charge in [0, 0.05) is 55.4 Å². The molecule has 8 rings (SSSR count). The number of anilines is 2. The quantitative estimate of drug-likeness (QED) is 0.143. The van der Waals surface area contributed by atoms with Crippen LogP contribution in [0.5, 0.6) is 0 Å². The first kappa shape index (κ1) is 35.6. The zero-order valence-corrected chi connectivity index (χ0v) is 28.5. The molecular weight excluding hydrogens is 624 g/mol. The van der Waals surface area contributed by atoms with Crippen LogP contribution in [0.25, 0.3) is 21.8 Å². The van der Waals surface area contributed by atoms with E-state index >= 15 is 0 Å². The van der Waals surface area contributed by atoms with E-state index in [-0.39, 0.29) is 23.9 Å². The van der Waals surface area contributed by atoms with Crippen molar-refractivity contribution in [2.45, 2.75) is 64.5 Å². The van der Waals surface area contributed by atoms with Gasteiger partial charge in [-0.05, 0) is 86.1 Å². The lowest BCUT2D eigenvalue weighted by atomic mass is 9.92. The third kappa shape index (κ3) is 9.67. The Kier molecular flexibility index (Phi) is 12.5. The first-order valence-electron chi connectivity index (χ1n) is 16.9. The molecule has 0 saturated heterocycles. The number of aromatic nitrogens is 4. The van der Waals surface area contributed by atoms with Gasteiger partial charge in [-0.3, -0.25) is 29.5 Å². The van der Waals surface area contributed by atoms with E-state index in [9.17, 15) is 9.59 Å². The number of nitrogens with zero attached hydrogens (tertiary/aromatic N) is 4. The molecular formula is C40H44N8O2. The maximum Gasteiger partial charge on any atom is 0.221 e.